The van der Waals surface area contributed by atoms with Crippen LogP contribution in [0.25, 0.3) is 0 Å². The molecule has 21 heavy (non-hydrogen) atoms. The summed E-state index contributed by atoms with van der Waals surface area (Å²) in [5, 5.41) is 12.7. The summed E-state index contributed by atoms with van der Waals surface area (Å²) in [6.07, 6.45) is 3.55. The topological polar surface area (TPSA) is 62.2 Å². The second kappa shape index (κ2) is 7.13. The van der Waals surface area contributed by atoms with E-state index in [0.29, 0.717) is 17.8 Å². The minimum Gasteiger partial charge on any atom is -0.478 e. The number of carboxylic acid groups (broad SMARTS) is 1. The van der Waals surface area contributed by atoms with E-state index >= 15 is 0 Å². The third kappa shape index (κ3) is 3.76. The van der Waals surface area contributed by atoms with Crippen LogP contribution in [0.5, 0.6) is 0 Å². The number of anilines is 1. The van der Waals surface area contributed by atoms with E-state index in [1.807, 2.05) is 32.0 Å². The second-order valence-electron chi connectivity index (χ2n) is 4.57. The number of rotatable bonds is 6. The SMILES string of the molecule is CCSc1cccc(NCc2cnccc2C)c1C(=O)O. The van der Waals surface area contributed by atoms with Gasteiger partial charge in [0.2, 0.25) is 0 Å². The molecule has 2 rings (SSSR count). The number of benzene rings is 1. The molecule has 0 fully saturated rings. The van der Waals surface area contributed by atoms with Gasteiger partial charge in [-0.25, -0.2) is 4.79 Å². The van der Waals surface area contributed by atoms with Crippen molar-refractivity contribution < 1.29 is 9.90 Å². The van der Waals surface area contributed by atoms with Gasteiger partial charge < -0.3 is 10.4 Å². The molecular formula is C16H18N2O2S. The maximum atomic E-state index is 11.5. The Hall–Kier alpha value is -2.01. The largest absolute Gasteiger partial charge is 0.478 e. The van der Waals surface area contributed by atoms with Crippen LogP contribution in [0.15, 0.2) is 41.6 Å². The summed E-state index contributed by atoms with van der Waals surface area (Å²) in [6.45, 7) is 4.58. The Kier molecular flexibility index (Phi) is 5.22. The van der Waals surface area contributed by atoms with Crippen LogP contribution in [0.3, 0.4) is 0 Å². The predicted molar refractivity (Wildman–Crippen MR) is 86.1 cm³/mol. The molecule has 0 aliphatic rings. The number of hydrogen-bond donors (Lipinski definition) is 2. The summed E-state index contributed by atoms with van der Waals surface area (Å²) >= 11 is 1.54. The molecule has 0 aliphatic heterocycles. The summed E-state index contributed by atoms with van der Waals surface area (Å²) in [6, 6.07) is 7.47. The van der Waals surface area contributed by atoms with Gasteiger partial charge in [0.25, 0.3) is 0 Å². The van der Waals surface area contributed by atoms with Crippen LogP contribution < -0.4 is 5.32 Å². The number of pyridine rings is 1. The maximum absolute atomic E-state index is 11.5. The molecule has 1 heterocycles. The average molecular weight is 302 g/mol. The fraction of sp³-hybridized carbons (Fsp3) is 0.250. The van der Waals surface area contributed by atoms with E-state index in [-0.39, 0.29) is 0 Å². The van der Waals surface area contributed by atoms with Gasteiger partial charge in [0.1, 0.15) is 0 Å². The minimum atomic E-state index is -0.906. The van der Waals surface area contributed by atoms with Gasteiger partial charge in [-0.1, -0.05) is 13.0 Å². The highest BCUT2D eigenvalue weighted by Gasteiger charge is 2.15. The Labute approximate surface area is 128 Å². The standard InChI is InChI=1S/C16H18N2O2S/c1-3-21-14-6-4-5-13(15(14)16(19)20)18-10-12-9-17-8-7-11(12)2/h4-9,18H,3,10H2,1-2H3,(H,19,20). The van der Waals surface area contributed by atoms with Crippen LogP contribution in [-0.2, 0) is 6.54 Å². The average Bonchev–Trinajstić information content (AvgIpc) is 2.46. The third-order valence-electron chi connectivity index (χ3n) is 3.16. The van der Waals surface area contributed by atoms with E-state index in [9.17, 15) is 9.90 Å². The highest BCUT2D eigenvalue weighted by atomic mass is 32.2. The van der Waals surface area contributed by atoms with Crippen molar-refractivity contribution >= 4 is 23.4 Å². The number of aryl methyl sites for hydroxylation is 1. The summed E-state index contributed by atoms with van der Waals surface area (Å²) in [5.41, 5.74) is 3.17. The summed E-state index contributed by atoms with van der Waals surface area (Å²) in [4.78, 5) is 16.4. The number of nitrogens with one attached hydrogen (secondary N) is 1. The van der Waals surface area contributed by atoms with E-state index < -0.39 is 5.97 Å². The molecule has 4 nitrogen and oxygen atoms in total. The highest BCUT2D eigenvalue weighted by molar-refractivity contribution is 7.99. The predicted octanol–water partition coefficient (Wildman–Crippen LogP) is 3.81. The molecule has 2 aromatic rings. The Morgan fingerprint density at radius 1 is 1.38 bits per heavy atom. The van der Waals surface area contributed by atoms with Crippen molar-refractivity contribution in [3.8, 4) is 0 Å². The first-order chi connectivity index (χ1) is 10.1. The fourth-order valence-electron chi connectivity index (χ4n) is 2.05. The van der Waals surface area contributed by atoms with E-state index in [2.05, 4.69) is 10.3 Å². The zero-order chi connectivity index (χ0) is 15.2. The third-order valence-corrected chi connectivity index (χ3v) is 4.10. The quantitative estimate of drug-likeness (QED) is 0.794. The molecule has 0 radical (unpaired) electrons. The maximum Gasteiger partial charge on any atom is 0.338 e. The van der Waals surface area contributed by atoms with Crippen LogP contribution in [0.4, 0.5) is 5.69 Å². The van der Waals surface area contributed by atoms with Crippen molar-refractivity contribution in [3.63, 3.8) is 0 Å². The van der Waals surface area contributed by atoms with Crippen LogP contribution >= 0.6 is 11.8 Å². The number of hydrogen-bond acceptors (Lipinski definition) is 4. The summed E-state index contributed by atoms with van der Waals surface area (Å²) in [5.74, 6) is -0.0669. The number of carbonyl (C=O) groups is 1. The molecule has 2 N–H and O–H groups in total. The first kappa shape index (κ1) is 15.4. The van der Waals surface area contributed by atoms with Crippen molar-refractivity contribution in [3.05, 3.63) is 53.3 Å². The van der Waals surface area contributed by atoms with E-state index in [1.165, 1.54) is 11.8 Å². The van der Waals surface area contributed by atoms with Crippen molar-refractivity contribution in [2.24, 2.45) is 0 Å². The van der Waals surface area contributed by atoms with Gasteiger partial charge in [0, 0.05) is 23.8 Å². The van der Waals surface area contributed by atoms with Crippen LogP contribution in [-0.4, -0.2) is 21.8 Å². The van der Waals surface area contributed by atoms with Gasteiger partial charge in [-0.2, -0.15) is 0 Å². The van der Waals surface area contributed by atoms with Crippen LogP contribution in [0.1, 0.15) is 28.4 Å². The molecule has 5 heteroatoms. The lowest BCUT2D eigenvalue weighted by Crippen LogP contribution is -2.08. The molecule has 1 aromatic carbocycles. The Balaban J connectivity index is 2.25. The second-order valence-corrected chi connectivity index (χ2v) is 5.88. The molecule has 0 aliphatic carbocycles. The number of nitrogens with zero attached hydrogens (tertiary/aromatic N) is 1. The first-order valence-electron chi connectivity index (χ1n) is 6.76. The Morgan fingerprint density at radius 3 is 2.86 bits per heavy atom. The first-order valence-corrected chi connectivity index (χ1v) is 7.74. The molecular weight excluding hydrogens is 284 g/mol. The van der Waals surface area contributed by atoms with Gasteiger partial charge in [-0.15, -0.1) is 11.8 Å². The lowest BCUT2D eigenvalue weighted by Gasteiger charge is -2.13. The van der Waals surface area contributed by atoms with Gasteiger partial charge in [-0.05, 0) is 42.0 Å². The monoisotopic (exact) mass is 302 g/mol. The van der Waals surface area contributed by atoms with Crippen LogP contribution in [0.2, 0.25) is 0 Å². The van der Waals surface area contributed by atoms with E-state index in [0.717, 1.165) is 21.8 Å². The lowest BCUT2D eigenvalue weighted by atomic mass is 10.1. The number of carboxylic acids is 1. The van der Waals surface area contributed by atoms with Crippen molar-refractivity contribution in [2.75, 3.05) is 11.1 Å². The lowest BCUT2D eigenvalue weighted by molar-refractivity contribution is 0.0694. The number of thioether (sulfide) groups is 1. The zero-order valence-electron chi connectivity index (χ0n) is 12.1. The smallest absolute Gasteiger partial charge is 0.338 e. The Morgan fingerprint density at radius 2 is 2.19 bits per heavy atom. The van der Waals surface area contributed by atoms with Crippen molar-refractivity contribution in [2.45, 2.75) is 25.3 Å². The van der Waals surface area contributed by atoms with Crippen LogP contribution in [0, 0.1) is 6.92 Å². The molecule has 0 atom stereocenters. The molecule has 1 aromatic heterocycles. The number of aromatic nitrogens is 1. The minimum absolute atomic E-state index is 0.339. The molecule has 0 bridgehead atoms. The number of aromatic carboxylic acids is 1. The zero-order valence-corrected chi connectivity index (χ0v) is 12.9. The van der Waals surface area contributed by atoms with Gasteiger partial charge in [0.05, 0.1) is 11.3 Å². The van der Waals surface area contributed by atoms with Crippen molar-refractivity contribution in [1.29, 1.82) is 0 Å². The van der Waals surface area contributed by atoms with E-state index in [1.54, 1.807) is 18.5 Å². The fourth-order valence-corrected chi connectivity index (χ4v) is 2.87. The molecule has 0 saturated carbocycles. The molecule has 0 unspecified atom stereocenters. The van der Waals surface area contributed by atoms with Crippen molar-refractivity contribution in [1.82, 2.24) is 4.98 Å². The molecule has 0 spiro atoms. The van der Waals surface area contributed by atoms with Gasteiger partial charge in [0.15, 0.2) is 0 Å². The van der Waals surface area contributed by atoms with E-state index in [4.69, 9.17) is 0 Å². The summed E-state index contributed by atoms with van der Waals surface area (Å²) < 4.78 is 0. The normalized spacial score (nSPS) is 10.4. The molecule has 0 amide bonds. The highest BCUT2D eigenvalue weighted by Crippen LogP contribution is 2.29. The molecule has 0 saturated heterocycles. The summed E-state index contributed by atoms with van der Waals surface area (Å²) in [7, 11) is 0. The Bertz CT molecular complexity index is 644. The van der Waals surface area contributed by atoms with Gasteiger partial charge in [-0.3, -0.25) is 4.98 Å². The molecule has 110 valence electrons. The van der Waals surface area contributed by atoms with Gasteiger partial charge >= 0.3 is 5.97 Å².